The van der Waals surface area contributed by atoms with Crippen LogP contribution in [0.25, 0.3) is 0 Å². The Kier molecular flexibility index (Phi) is 5.82. The van der Waals surface area contributed by atoms with Crippen LogP contribution in [0.4, 0.5) is 0 Å². The minimum atomic E-state index is -3.40. The van der Waals surface area contributed by atoms with Gasteiger partial charge in [-0.3, -0.25) is 0 Å². The number of halogens is 1. The van der Waals surface area contributed by atoms with Crippen molar-refractivity contribution in [2.45, 2.75) is 42.8 Å². The number of hydrogen-bond acceptors (Lipinski definition) is 2. The zero-order chi connectivity index (χ0) is 13.8. The fourth-order valence-electron chi connectivity index (χ4n) is 2.09. The topological polar surface area (TPSA) is 46.2 Å². The molecule has 0 saturated heterocycles. The Hall–Kier alpha value is -0.390. The first-order chi connectivity index (χ1) is 8.44. The van der Waals surface area contributed by atoms with Gasteiger partial charge < -0.3 is 0 Å². The number of nitrogens with one attached hydrogen (secondary N) is 1. The number of rotatable bonds is 6. The van der Waals surface area contributed by atoms with E-state index in [1.807, 2.05) is 19.1 Å². The van der Waals surface area contributed by atoms with Crippen LogP contribution in [0.5, 0.6) is 0 Å². The second kappa shape index (κ2) is 6.68. The van der Waals surface area contributed by atoms with Crippen molar-refractivity contribution >= 4 is 26.0 Å². The molecular weight excluding hydrogens is 314 g/mol. The molecule has 2 atom stereocenters. The predicted octanol–water partition coefficient (Wildman–Crippen LogP) is 3.26. The fraction of sp³-hybridized carbons (Fsp3) is 0.538. The molecule has 3 nitrogen and oxygen atoms in total. The van der Waals surface area contributed by atoms with Crippen LogP contribution in [0.1, 0.15) is 38.7 Å². The maximum Gasteiger partial charge on any atom is 0.240 e. The van der Waals surface area contributed by atoms with Crippen molar-refractivity contribution in [3.63, 3.8) is 0 Å². The summed E-state index contributed by atoms with van der Waals surface area (Å²) in [4.78, 5) is 0.630. The Balaban J connectivity index is 3.30. The van der Waals surface area contributed by atoms with E-state index in [2.05, 4.69) is 27.6 Å². The summed E-state index contributed by atoms with van der Waals surface area (Å²) in [5.41, 5.74) is 0.880. The molecule has 102 valence electrons. The predicted molar refractivity (Wildman–Crippen MR) is 78.7 cm³/mol. The van der Waals surface area contributed by atoms with Crippen molar-refractivity contribution in [3.05, 3.63) is 29.8 Å². The molecule has 0 aliphatic heterocycles. The molecular formula is C13H20BrNO2S. The Morgan fingerprint density at radius 2 is 1.89 bits per heavy atom. The Morgan fingerprint density at radius 1 is 1.28 bits per heavy atom. The zero-order valence-corrected chi connectivity index (χ0v) is 13.4. The summed E-state index contributed by atoms with van der Waals surface area (Å²) in [6, 6.07) is 7.22. The van der Waals surface area contributed by atoms with E-state index in [-0.39, 0.29) is 10.7 Å². The first-order valence-corrected chi connectivity index (χ1v) is 8.56. The molecule has 0 aliphatic rings. The van der Waals surface area contributed by atoms with Crippen molar-refractivity contribution in [1.29, 1.82) is 0 Å². The molecule has 0 radical (unpaired) electrons. The van der Waals surface area contributed by atoms with Gasteiger partial charge in [0, 0.05) is 11.4 Å². The molecule has 0 spiro atoms. The second-order valence-electron chi connectivity index (χ2n) is 4.23. The lowest BCUT2D eigenvalue weighted by Crippen LogP contribution is -2.25. The van der Waals surface area contributed by atoms with Crippen molar-refractivity contribution in [2.24, 2.45) is 0 Å². The molecule has 1 N–H and O–H groups in total. The summed E-state index contributed by atoms with van der Waals surface area (Å²) >= 11 is 3.56. The lowest BCUT2D eigenvalue weighted by molar-refractivity contribution is 0.577. The van der Waals surface area contributed by atoms with E-state index in [1.54, 1.807) is 19.1 Å². The third-order valence-electron chi connectivity index (χ3n) is 2.94. The molecule has 0 aliphatic carbocycles. The summed E-state index contributed by atoms with van der Waals surface area (Å²) in [5, 5.41) is 0. The second-order valence-corrected chi connectivity index (χ2v) is 7.41. The molecule has 1 rings (SSSR count). The van der Waals surface area contributed by atoms with E-state index in [0.717, 1.165) is 12.0 Å². The molecule has 0 bridgehead atoms. The highest BCUT2D eigenvalue weighted by atomic mass is 79.9. The molecule has 18 heavy (non-hydrogen) atoms. The first-order valence-electron chi connectivity index (χ1n) is 6.16. The normalized spacial score (nSPS) is 15.3. The molecule has 0 heterocycles. The molecule has 0 amide bonds. The maximum absolute atomic E-state index is 12.2. The van der Waals surface area contributed by atoms with Crippen LogP contribution in [-0.2, 0) is 10.0 Å². The van der Waals surface area contributed by atoms with E-state index in [4.69, 9.17) is 0 Å². The number of sulfonamides is 1. The molecule has 1 aromatic rings. The smallest absolute Gasteiger partial charge is 0.211 e. The van der Waals surface area contributed by atoms with Crippen molar-refractivity contribution < 1.29 is 8.42 Å². The van der Waals surface area contributed by atoms with Gasteiger partial charge in [-0.2, -0.15) is 0 Å². The Morgan fingerprint density at radius 3 is 2.39 bits per heavy atom. The highest BCUT2D eigenvalue weighted by molar-refractivity contribution is 9.09. The highest BCUT2D eigenvalue weighted by Crippen LogP contribution is 2.32. The van der Waals surface area contributed by atoms with Gasteiger partial charge in [-0.25, -0.2) is 13.1 Å². The van der Waals surface area contributed by atoms with Crippen LogP contribution in [0, 0.1) is 0 Å². The van der Waals surface area contributed by atoms with E-state index in [1.165, 1.54) is 0 Å². The first kappa shape index (κ1) is 15.7. The molecule has 5 heteroatoms. The third kappa shape index (κ3) is 3.56. The molecule has 0 fully saturated rings. The SMILES string of the molecule is CCNS(=O)(=O)c1ccccc1C(CC)C(C)Br. The minimum Gasteiger partial charge on any atom is -0.211 e. The largest absolute Gasteiger partial charge is 0.240 e. The van der Waals surface area contributed by atoms with E-state index >= 15 is 0 Å². The van der Waals surface area contributed by atoms with Crippen LogP contribution < -0.4 is 4.72 Å². The van der Waals surface area contributed by atoms with Gasteiger partial charge in [0.2, 0.25) is 10.0 Å². The van der Waals surface area contributed by atoms with E-state index in [0.29, 0.717) is 11.4 Å². The van der Waals surface area contributed by atoms with Crippen LogP contribution in [0.3, 0.4) is 0 Å². The van der Waals surface area contributed by atoms with Gasteiger partial charge in [-0.1, -0.05) is 54.9 Å². The van der Waals surface area contributed by atoms with Gasteiger partial charge in [0.25, 0.3) is 0 Å². The van der Waals surface area contributed by atoms with Gasteiger partial charge in [0.15, 0.2) is 0 Å². The standard InChI is InChI=1S/C13H20BrNO2S/c1-4-11(10(3)14)12-8-6-7-9-13(12)18(16,17)15-5-2/h6-11,15H,4-5H2,1-3H3. The van der Waals surface area contributed by atoms with E-state index < -0.39 is 10.0 Å². The Bertz CT molecular complexity index is 486. The van der Waals surface area contributed by atoms with Crippen LogP contribution in [-0.4, -0.2) is 19.8 Å². The maximum atomic E-state index is 12.2. The molecule has 1 aromatic carbocycles. The summed E-state index contributed by atoms with van der Waals surface area (Å²) in [5.74, 6) is 0.189. The lowest BCUT2D eigenvalue weighted by atomic mass is 9.94. The average molecular weight is 334 g/mol. The molecule has 0 saturated carbocycles. The number of benzene rings is 1. The number of hydrogen-bond donors (Lipinski definition) is 1. The molecule has 2 unspecified atom stereocenters. The van der Waals surface area contributed by atoms with Crippen molar-refractivity contribution in [2.75, 3.05) is 6.54 Å². The summed E-state index contributed by atoms with van der Waals surface area (Å²) in [6.45, 7) is 6.30. The summed E-state index contributed by atoms with van der Waals surface area (Å²) in [6.07, 6.45) is 0.894. The van der Waals surface area contributed by atoms with Gasteiger partial charge in [0.05, 0.1) is 4.90 Å². The van der Waals surface area contributed by atoms with Crippen LogP contribution in [0.2, 0.25) is 0 Å². The zero-order valence-electron chi connectivity index (χ0n) is 11.0. The van der Waals surface area contributed by atoms with Crippen LogP contribution >= 0.6 is 15.9 Å². The lowest BCUT2D eigenvalue weighted by Gasteiger charge is -2.21. The monoisotopic (exact) mass is 333 g/mol. The van der Waals surface area contributed by atoms with Gasteiger partial charge in [0.1, 0.15) is 0 Å². The minimum absolute atomic E-state index is 0.189. The average Bonchev–Trinajstić information content (AvgIpc) is 2.30. The van der Waals surface area contributed by atoms with Gasteiger partial charge in [-0.05, 0) is 24.0 Å². The van der Waals surface area contributed by atoms with Crippen molar-refractivity contribution in [1.82, 2.24) is 4.72 Å². The third-order valence-corrected chi connectivity index (χ3v) is 5.19. The van der Waals surface area contributed by atoms with Crippen molar-refractivity contribution in [3.8, 4) is 0 Å². The van der Waals surface area contributed by atoms with Crippen LogP contribution in [0.15, 0.2) is 29.2 Å². The molecule has 0 aromatic heterocycles. The van der Waals surface area contributed by atoms with E-state index in [9.17, 15) is 8.42 Å². The number of alkyl halides is 1. The summed E-state index contributed by atoms with van der Waals surface area (Å²) in [7, 11) is -3.40. The quantitative estimate of drug-likeness (QED) is 0.812. The highest BCUT2D eigenvalue weighted by Gasteiger charge is 2.24. The van der Waals surface area contributed by atoms with Gasteiger partial charge in [-0.15, -0.1) is 0 Å². The summed E-state index contributed by atoms with van der Waals surface area (Å²) < 4.78 is 26.9. The van der Waals surface area contributed by atoms with Gasteiger partial charge >= 0.3 is 0 Å². The Labute approximate surface area is 118 Å². The fourth-order valence-corrected chi connectivity index (χ4v) is 4.07.